The third-order valence-corrected chi connectivity index (χ3v) is 3.49. The van der Waals surface area contributed by atoms with E-state index < -0.39 is 0 Å². The smallest absolute Gasteiger partial charge is 0.179 e. The second-order valence-corrected chi connectivity index (χ2v) is 5.10. The van der Waals surface area contributed by atoms with Crippen molar-refractivity contribution in [2.75, 3.05) is 33.5 Å². The molecule has 0 spiro atoms. The normalized spacial score (nSPS) is 18.6. The van der Waals surface area contributed by atoms with E-state index in [0.29, 0.717) is 35.6 Å². The van der Waals surface area contributed by atoms with Gasteiger partial charge in [0.05, 0.1) is 25.3 Å². The number of benzene rings is 1. The van der Waals surface area contributed by atoms with E-state index in [1.54, 1.807) is 7.11 Å². The number of methoxy groups -OCH3 is 1. The molecule has 1 fully saturated rings. The second kappa shape index (κ2) is 6.98. The lowest BCUT2D eigenvalue weighted by Gasteiger charge is -2.16. The first kappa shape index (κ1) is 14.4. The predicted molar refractivity (Wildman–Crippen MR) is 75.2 cm³/mol. The maximum Gasteiger partial charge on any atom is 0.179 e. The van der Waals surface area contributed by atoms with Gasteiger partial charge in [-0.1, -0.05) is 11.6 Å². The quantitative estimate of drug-likeness (QED) is 0.871. The third kappa shape index (κ3) is 3.75. The zero-order valence-electron chi connectivity index (χ0n) is 11.2. The average molecular weight is 286 g/mol. The van der Waals surface area contributed by atoms with E-state index in [1.165, 1.54) is 0 Å². The minimum Gasteiger partial charge on any atom is -0.493 e. The number of rotatable bonds is 6. The molecular weight excluding hydrogens is 266 g/mol. The zero-order valence-corrected chi connectivity index (χ0v) is 11.9. The van der Waals surface area contributed by atoms with Crippen LogP contribution >= 0.6 is 11.6 Å². The van der Waals surface area contributed by atoms with Gasteiger partial charge in [0.1, 0.15) is 0 Å². The van der Waals surface area contributed by atoms with E-state index in [1.807, 2.05) is 12.1 Å². The lowest BCUT2D eigenvalue weighted by Crippen LogP contribution is -2.12. The summed E-state index contributed by atoms with van der Waals surface area (Å²) >= 11 is 6.26. The van der Waals surface area contributed by atoms with E-state index in [9.17, 15) is 0 Å². The van der Waals surface area contributed by atoms with Crippen LogP contribution in [0.3, 0.4) is 0 Å². The van der Waals surface area contributed by atoms with Crippen molar-refractivity contribution in [1.82, 2.24) is 0 Å². The minimum absolute atomic E-state index is 0.435. The fourth-order valence-electron chi connectivity index (χ4n) is 2.14. The molecule has 0 amide bonds. The number of halogens is 1. The van der Waals surface area contributed by atoms with Crippen molar-refractivity contribution in [3.8, 4) is 11.5 Å². The summed E-state index contributed by atoms with van der Waals surface area (Å²) in [6.45, 7) is 2.75. The molecule has 1 aromatic rings. The SMILES string of the molecule is COc1cc(CCN)cc(Cl)c1OCC1CCOC1. The Morgan fingerprint density at radius 3 is 2.95 bits per heavy atom. The number of hydrogen-bond acceptors (Lipinski definition) is 4. The molecule has 19 heavy (non-hydrogen) atoms. The summed E-state index contributed by atoms with van der Waals surface area (Å²) in [6.07, 6.45) is 1.80. The first-order chi connectivity index (χ1) is 9.24. The molecule has 0 aromatic heterocycles. The van der Waals surface area contributed by atoms with Crippen LogP contribution in [0.25, 0.3) is 0 Å². The van der Waals surface area contributed by atoms with Crippen LogP contribution < -0.4 is 15.2 Å². The molecule has 2 N–H and O–H groups in total. The highest BCUT2D eigenvalue weighted by Gasteiger charge is 2.18. The molecule has 0 bridgehead atoms. The van der Waals surface area contributed by atoms with Gasteiger partial charge in [-0.05, 0) is 37.1 Å². The van der Waals surface area contributed by atoms with Crippen LogP contribution in [0.2, 0.25) is 5.02 Å². The van der Waals surface area contributed by atoms with Gasteiger partial charge in [-0.2, -0.15) is 0 Å². The highest BCUT2D eigenvalue weighted by Crippen LogP contribution is 2.37. The molecule has 4 nitrogen and oxygen atoms in total. The monoisotopic (exact) mass is 285 g/mol. The van der Waals surface area contributed by atoms with Crippen molar-refractivity contribution in [1.29, 1.82) is 0 Å². The van der Waals surface area contributed by atoms with Crippen LogP contribution in [0.5, 0.6) is 11.5 Å². The lowest BCUT2D eigenvalue weighted by atomic mass is 10.1. The van der Waals surface area contributed by atoms with E-state index in [0.717, 1.165) is 31.6 Å². The molecule has 1 aromatic carbocycles. The summed E-state index contributed by atoms with van der Waals surface area (Å²) in [4.78, 5) is 0. The van der Waals surface area contributed by atoms with Crippen molar-refractivity contribution in [2.24, 2.45) is 11.7 Å². The fourth-order valence-corrected chi connectivity index (χ4v) is 2.43. The molecule has 5 heteroatoms. The topological polar surface area (TPSA) is 53.7 Å². The van der Waals surface area contributed by atoms with Gasteiger partial charge in [0, 0.05) is 12.5 Å². The molecule has 1 saturated heterocycles. The molecule has 0 saturated carbocycles. The first-order valence-electron chi connectivity index (χ1n) is 6.51. The maximum atomic E-state index is 6.26. The molecular formula is C14H20ClNO3. The highest BCUT2D eigenvalue weighted by molar-refractivity contribution is 6.32. The van der Waals surface area contributed by atoms with Crippen LogP contribution in [0.1, 0.15) is 12.0 Å². The third-order valence-electron chi connectivity index (χ3n) is 3.21. The van der Waals surface area contributed by atoms with E-state index >= 15 is 0 Å². The van der Waals surface area contributed by atoms with Gasteiger partial charge in [-0.15, -0.1) is 0 Å². The Bertz CT molecular complexity index is 419. The highest BCUT2D eigenvalue weighted by atomic mass is 35.5. The van der Waals surface area contributed by atoms with Gasteiger partial charge in [0.2, 0.25) is 0 Å². The molecule has 1 aliphatic heterocycles. The molecule has 1 unspecified atom stereocenters. The van der Waals surface area contributed by atoms with Gasteiger partial charge >= 0.3 is 0 Å². The molecule has 0 radical (unpaired) electrons. The summed E-state index contributed by atoms with van der Waals surface area (Å²) in [5.41, 5.74) is 6.61. The van der Waals surface area contributed by atoms with Gasteiger partial charge < -0.3 is 19.9 Å². The number of ether oxygens (including phenoxy) is 3. The Hall–Kier alpha value is -0.970. The van der Waals surface area contributed by atoms with Gasteiger partial charge in [0.15, 0.2) is 11.5 Å². The Labute approximate surface area is 118 Å². The fraction of sp³-hybridized carbons (Fsp3) is 0.571. The van der Waals surface area contributed by atoms with Crippen LogP contribution in [0.4, 0.5) is 0 Å². The predicted octanol–water partition coefficient (Wildman–Crippen LogP) is 2.27. The molecule has 2 rings (SSSR count). The van der Waals surface area contributed by atoms with Crippen LogP contribution in [-0.4, -0.2) is 33.5 Å². The van der Waals surface area contributed by atoms with Crippen molar-refractivity contribution >= 4 is 11.6 Å². The molecule has 1 heterocycles. The summed E-state index contributed by atoms with van der Waals surface area (Å²) in [5.74, 6) is 1.70. The number of nitrogens with two attached hydrogens (primary N) is 1. The van der Waals surface area contributed by atoms with Crippen LogP contribution in [0.15, 0.2) is 12.1 Å². The molecule has 106 valence electrons. The first-order valence-corrected chi connectivity index (χ1v) is 6.89. The van der Waals surface area contributed by atoms with Crippen LogP contribution in [-0.2, 0) is 11.2 Å². The average Bonchev–Trinajstić information content (AvgIpc) is 2.90. The summed E-state index contributed by atoms with van der Waals surface area (Å²) in [7, 11) is 1.61. The zero-order chi connectivity index (χ0) is 13.7. The summed E-state index contributed by atoms with van der Waals surface area (Å²) in [5, 5.41) is 0.571. The standard InChI is InChI=1S/C14H20ClNO3/c1-17-13-7-10(2-4-16)6-12(15)14(13)19-9-11-3-5-18-8-11/h6-7,11H,2-5,8-9,16H2,1H3. The minimum atomic E-state index is 0.435. The molecule has 1 aliphatic rings. The van der Waals surface area contributed by atoms with Crippen LogP contribution in [0, 0.1) is 5.92 Å². The second-order valence-electron chi connectivity index (χ2n) is 4.69. The van der Waals surface area contributed by atoms with Crippen molar-refractivity contribution in [3.63, 3.8) is 0 Å². The van der Waals surface area contributed by atoms with Crippen molar-refractivity contribution < 1.29 is 14.2 Å². The van der Waals surface area contributed by atoms with Gasteiger partial charge in [-0.25, -0.2) is 0 Å². The van der Waals surface area contributed by atoms with Crippen molar-refractivity contribution in [2.45, 2.75) is 12.8 Å². The Balaban J connectivity index is 2.09. The van der Waals surface area contributed by atoms with Crippen molar-refractivity contribution in [3.05, 3.63) is 22.7 Å². The van der Waals surface area contributed by atoms with E-state index in [4.69, 9.17) is 31.5 Å². The molecule has 1 atom stereocenters. The number of hydrogen-bond donors (Lipinski definition) is 1. The Morgan fingerprint density at radius 2 is 2.32 bits per heavy atom. The van der Waals surface area contributed by atoms with Gasteiger partial charge in [-0.3, -0.25) is 0 Å². The Kier molecular flexibility index (Phi) is 5.31. The summed E-state index contributed by atoms with van der Waals surface area (Å²) in [6, 6.07) is 3.82. The van der Waals surface area contributed by atoms with E-state index in [2.05, 4.69) is 0 Å². The largest absolute Gasteiger partial charge is 0.493 e. The Morgan fingerprint density at radius 1 is 1.47 bits per heavy atom. The molecule has 0 aliphatic carbocycles. The van der Waals surface area contributed by atoms with Gasteiger partial charge in [0.25, 0.3) is 0 Å². The maximum absolute atomic E-state index is 6.26. The lowest BCUT2D eigenvalue weighted by molar-refractivity contribution is 0.165. The summed E-state index contributed by atoms with van der Waals surface area (Å²) < 4.78 is 16.5. The van der Waals surface area contributed by atoms with E-state index in [-0.39, 0.29) is 0 Å².